The van der Waals surface area contributed by atoms with Gasteiger partial charge in [-0.1, -0.05) is 30.3 Å². The first-order chi connectivity index (χ1) is 10.1. The molecule has 1 aliphatic rings. The van der Waals surface area contributed by atoms with Crippen LogP contribution in [0.1, 0.15) is 11.1 Å². The molecule has 5 heteroatoms. The average molecular weight is 302 g/mol. The fraction of sp³-hybridized carbons (Fsp3) is 0.250. The van der Waals surface area contributed by atoms with E-state index in [9.17, 15) is 8.42 Å². The molecule has 110 valence electrons. The van der Waals surface area contributed by atoms with Crippen LogP contribution in [0.25, 0.3) is 0 Å². The van der Waals surface area contributed by atoms with Crippen LogP contribution >= 0.6 is 0 Å². The lowest BCUT2D eigenvalue weighted by atomic mass is 10.1. The molecular weight excluding hydrogens is 284 g/mol. The molecule has 1 heterocycles. The van der Waals surface area contributed by atoms with E-state index < -0.39 is 9.84 Å². The fourth-order valence-electron chi connectivity index (χ4n) is 2.68. The maximum absolute atomic E-state index is 11.8. The van der Waals surface area contributed by atoms with Gasteiger partial charge in [0.1, 0.15) is 0 Å². The van der Waals surface area contributed by atoms with Gasteiger partial charge in [0, 0.05) is 25.0 Å². The molecule has 0 spiro atoms. The topological polar surface area (TPSA) is 58.2 Å². The summed E-state index contributed by atoms with van der Waals surface area (Å²) in [7, 11) is -3.23. The summed E-state index contributed by atoms with van der Waals surface area (Å²) < 4.78 is 23.6. The minimum atomic E-state index is -3.23. The molecule has 0 aliphatic carbocycles. The lowest BCUT2D eigenvalue weighted by Gasteiger charge is -2.13. The van der Waals surface area contributed by atoms with E-state index in [1.165, 1.54) is 17.5 Å². The number of rotatable bonds is 4. The Morgan fingerprint density at radius 1 is 1.14 bits per heavy atom. The standard InChI is InChI=1S/C16H18N2O2S/c1-21(19,20)15-8-3-2-7-14(15)18-11-13-6-4-5-12-9-10-17-16(12)13/h2-8,17-18H,9-11H2,1H3. The van der Waals surface area contributed by atoms with Crippen LogP contribution < -0.4 is 10.6 Å². The molecule has 4 nitrogen and oxygen atoms in total. The van der Waals surface area contributed by atoms with Gasteiger partial charge < -0.3 is 10.6 Å². The molecule has 1 aliphatic heterocycles. The Morgan fingerprint density at radius 2 is 1.95 bits per heavy atom. The van der Waals surface area contributed by atoms with Crippen LogP contribution in [0.4, 0.5) is 11.4 Å². The second-order valence-electron chi connectivity index (χ2n) is 5.25. The highest BCUT2D eigenvalue weighted by molar-refractivity contribution is 7.90. The van der Waals surface area contributed by atoms with E-state index in [1.807, 2.05) is 12.1 Å². The normalized spacial score (nSPS) is 13.6. The molecule has 0 unspecified atom stereocenters. The Labute approximate surface area is 125 Å². The summed E-state index contributed by atoms with van der Waals surface area (Å²) in [6.45, 7) is 1.56. The summed E-state index contributed by atoms with van der Waals surface area (Å²) in [5.74, 6) is 0. The van der Waals surface area contributed by atoms with Crippen LogP contribution in [0, 0.1) is 0 Å². The van der Waals surface area contributed by atoms with Gasteiger partial charge in [-0.2, -0.15) is 0 Å². The summed E-state index contributed by atoms with van der Waals surface area (Å²) in [5, 5.41) is 6.64. The van der Waals surface area contributed by atoms with Gasteiger partial charge in [0.05, 0.1) is 10.6 Å². The zero-order valence-corrected chi connectivity index (χ0v) is 12.7. The smallest absolute Gasteiger partial charge is 0.177 e. The van der Waals surface area contributed by atoms with Gasteiger partial charge in [0.25, 0.3) is 0 Å². The minimum absolute atomic E-state index is 0.338. The van der Waals surface area contributed by atoms with Crippen molar-refractivity contribution in [1.29, 1.82) is 0 Å². The van der Waals surface area contributed by atoms with E-state index in [-0.39, 0.29) is 0 Å². The third kappa shape index (κ3) is 2.88. The second-order valence-corrected chi connectivity index (χ2v) is 7.23. The molecule has 0 amide bonds. The first kappa shape index (κ1) is 13.9. The van der Waals surface area contributed by atoms with E-state index >= 15 is 0 Å². The number of fused-ring (bicyclic) bond motifs is 1. The Bertz CT molecular complexity index is 770. The van der Waals surface area contributed by atoms with Crippen molar-refractivity contribution < 1.29 is 8.42 Å². The van der Waals surface area contributed by atoms with Crippen molar-refractivity contribution in [3.8, 4) is 0 Å². The molecular formula is C16H18N2O2S. The quantitative estimate of drug-likeness (QED) is 0.911. The van der Waals surface area contributed by atoms with Gasteiger partial charge in [-0.05, 0) is 29.7 Å². The van der Waals surface area contributed by atoms with E-state index in [4.69, 9.17) is 0 Å². The zero-order chi connectivity index (χ0) is 14.9. The van der Waals surface area contributed by atoms with Gasteiger partial charge in [-0.25, -0.2) is 8.42 Å². The van der Waals surface area contributed by atoms with Crippen molar-refractivity contribution >= 4 is 21.2 Å². The SMILES string of the molecule is CS(=O)(=O)c1ccccc1NCc1cccc2c1NCC2. The molecule has 0 aromatic heterocycles. The highest BCUT2D eigenvalue weighted by Gasteiger charge is 2.15. The highest BCUT2D eigenvalue weighted by Crippen LogP contribution is 2.28. The van der Waals surface area contributed by atoms with Crippen LogP contribution in [0.3, 0.4) is 0 Å². The molecule has 21 heavy (non-hydrogen) atoms. The van der Waals surface area contributed by atoms with Crippen molar-refractivity contribution in [3.63, 3.8) is 0 Å². The maximum atomic E-state index is 11.8. The molecule has 0 fully saturated rings. The number of sulfone groups is 1. The number of hydrogen-bond acceptors (Lipinski definition) is 4. The highest BCUT2D eigenvalue weighted by atomic mass is 32.2. The van der Waals surface area contributed by atoms with Gasteiger partial charge in [-0.3, -0.25) is 0 Å². The molecule has 0 saturated heterocycles. The van der Waals surface area contributed by atoms with Crippen LogP contribution in [0.2, 0.25) is 0 Å². The lowest BCUT2D eigenvalue weighted by Crippen LogP contribution is -2.07. The van der Waals surface area contributed by atoms with Crippen molar-refractivity contribution in [1.82, 2.24) is 0 Å². The third-order valence-corrected chi connectivity index (χ3v) is 4.84. The van der Waals surface area contributed by atoms with Crippen LogP contribution in [-0.4, -0.2) is 21.2 Å². The minimum Gasteiger partial charge on any atom is -0.384 e. The Hall–Kier alpha value is -2.01. The number of nitrogens with one attached hydrogen (secondary N) is 2. The summed E-state index contributed by atoms with van der Waals surface area (Å²) >= 11 is 0. The van der Waals surface area contributed by atoms with E-state index in [2.05, 4.69) is 22.8 Å². The molecule has 2 aromatic carbocycles. The predicted molar refractivity (Wildman–Crippen MR) is 85.5 cm³/mol. The molecule has 2 aromatic rings. The Kier molecular flexibility index (Phi) is 3.59. The first-order valence-corrected chi connectivity index (χ1v) is 8.82. The van der Waals surface area contributed by atoms with Crippen LogP contribution in [0.5, 0.6) is 0 Å². The number of benzene rings is 2. The number of hydrogen-bond donors (Lipinski definition) is 2. The summed E-state index contributed by atoms with van der Waals surface area (Å²) in [6, 6.07) is 13.2. The van der Waals surface area contributed by atoms with E-state index in [0.29, 0.717) is 17.1 Å². The zero-order valence-electron chi connectivity index (χ0n) is 11.9. The number of anilines is 2. The van der Waals surface area contributed by atoms with E-state index in [1.54, 1.807) is 18.2 Å². The fourth-order valence-corrected chi connectivity index (χ4v) is 3.55. The van der Waals surface area contributed by atoms with Crippen molar-refractivity contribution in [2.24, 2.45) is 0 Å². The molecule has 0 bridgehead atoms. The van der Waals surface area contributed by atoms with Gasteiger partial charge in [0.15, 0.2) is 9.84 Å². The van der Waals surface area contributed by atoms with Crippen molar-refractivity contribution in [3.05, 3.63) is 53.6 Å². The average Bonchev–Trinajstić information content (AvgIpc) is 2.93. The molecule has 0 radical (unpaired) electrons. The first-order valence-electron chi connectivity index (χ1n) is 6.93. The van der Waals surface area contributed by atoms with Gasteiger partial charge in [-0.15, -0.1) is 0 Å². The van der Waals surface area contributed by atoms with Crippen molar-refractivity contribution in [2.75, 3.05) is 23.4 Å². The molecule has 2 N–H and O–H groups in total. The third-order valence-electron chi connectivity index (χ3n) is 3.69. The van der Waals surface area contributed by atoms with Gasteiger partial charge >= 0.3 is 0 Å². The second kappa shape index (κ2) is 5.41. The molecule has 0 saturated carbocycles. The Balaban J connectivity index is 1.85. The summed E-state index contributed by atoms with van der Waals surface area (Å²) in [6.07, 6.45) is 2.28. The monoisotopic (exact) mass is 302 g/mol. The number of para-hydroxylation sites is 2. The Morgan fingerprint density at radius 3 is 2.76 bits per heavy atom. The molecule has 3 rings (SSSR count). The molecule has 0 atom stereocenters. The van der Waals surface area contributed by atoms with Gasteiger partial charge in [0.2, 0.25) is 0 Å². The van der Waals surface area contributed by atoms with Crippen LogP contribution in [-0.2, 0) is 22.8 Å². The van der Waals surface area contributed by atoms with Crippen LogP contribution in [0.15, 0.2) is 47.4 Å². The maximum Gasteiger partial charge on any atom is 0.177 e. The summed E-state index contributed by atoms with van der Waals surface area (Å²) in [5.41, 5.74) is 4.32. The van der Waals surface area contributed by atoms with E-state index in [0.717, 1.165) is 18.5 Å². The summed E-state index contributed by atoms with van der Waals surface area (Å²) in [4.78, 5) is 0.338. The lowest BCUT2D eigenvalue weighted by molar-refractivity contribution is 0.602. The largest absolute Gasteiger partial charge is 0.384 e. The predicted octanol–water partition coefficient (Wildman–Crippen LogP) is 2.67. The van der Waals surface area contributed by atoms with Crippen molar-refractivity contribution in [2.45, 2.75) is 17.9 Å².